The maximum Gasteiger partial charge on any atom is 0.369 e. The smallest absolute Gasteiger partial charge is 0.369 e. The summed E-state index contributed by atoms with van der Waals surface area (Å²) in [6, 6.07) is 11.0. The van der Waals surface area contributed by atoms with Crippen molar-refractivity contribution in [3.63, 3.8) is 0 Å². The zero-order valence-corrected chi connectivity index (χ0v) is 43.3. The van der Waals surface area contributed by atoms with E-state index in [-0.39, 0.29) is 49.6 Å². The van der Waals surface area contributed by atoms with Gasteiger partial charge in [0.15, 0.2) is 0 Å². The van der Waals surface area contributed by atoms with Crippen molar-refractivity contribution >= 4 is 60.8 Å². The van der Waals surface area contributed by atoms with E-state index in [4.69, 9.17) is 78.3 Å². The third-order valence-electron chi connectivity index (χ3n) is 8.39. The summed E-state index contributed by atoms with van der Waals surface area (Å²) in [6.45, 7) is 0. The lowest BCUT2D eigenvalue weighted by molar-refractivity contribution is 0.130. The Hall–Kier alpha value is -2.56. The summed E-state index contributed by atoms with van der Waals surface area (Å²) in [4.78, 5) is 157. The number of nitrogens with zero attached hydrogens (tertiary/aromatic N) is 4. The fraction of sp³-hybridized carbons (Fsp3) is 0.286. The lowest BCUT2D eigenvalue weighted by Gasteiger charge is -2.29. The van der Waals surface area contributed by atoms with Crippen molar-refractivity contribution in [1.82, 2.24) is 19.9 Å². The van der Waals surface area contributed by atoms with Crippen molar-refractivity contribution in [1.29, 1.82) is 0 Å². The fourth-order valence-electron chi connectivity index (χ4n) is 4.61. The normalized spacial score (nSPS) is 12.8. The number of aliphatic hydroxyl groups is 4. The van der Waals surface area contributed by atoms with E-state index in [1.54, 1.807) is 0 Å². The van der Waals surface area contributed by atoms with Gasteiger partial charge in [-0.1, -0.05) is 24.3 Å². The Labute approximate surface area is 408 Å². The molecular weight excluding hydrogens is 1170 g/mol. The standard InChI is InChI=1S/4C7H11NO7P2.5H2O/c4*9-7(16(10,11)12,17(13,14)15)4-6-2-1-3-8-5-6;;;;;/h4*1-3,5,9H,4H2,(H2,10,11,12)(H2,13,14,15);5*1H2. The van der Waals surface area contributed by atoms with Crippen LogP contribution in [0.3, 0.4) is 0 Å². The molecule has 424 valence electrons. The van der Waals surface area contributed by atoms with Crippen molar-refractivity contribution < 1.29 is 163 Å². The first kappa shape index (κ1) is 79.3. The first-order chi connectivity index (χ1) is 30.3. The molecule has 0 aliphatic carbocycles. The molecule has 0 amide bonds. The summed E-state index contributed by atoms with van der Waals surface area (Å²) in [5.41, 5.74) is 0.395. The van der Waals surface area contributed by atoms with Crippen molar-refractivity contribution in [3.8, 4) is 0 Å². The minimum atomic E-state index is -5.41. The van der Waals surface area contributed by atoms with Crippen molar-refractivity contribution in [2.75, 3.05) is 0 Å². The van der Waals surface area contributed by atoms with E-state index in [0.717, 1.165) is 24.8 Å². The van der Waals surface area contributed by atoms with Gasteiger partial charge >= 0.3 is 60.8 Å². The summed E-state index contributed by atoms with van der Waals surface area (Å²) in [6.07, 6.45) is 6.51. The number of pyridine rings is 4. The first-order valence-corrected chi connectivity index (χ1v) is 30.1. The average Bonchev–Trinajstić information content (AvgIpc) is 3.17. The van der Waals surface area contributed by atoms with E-state index in [1.807, 2.05) is 0 Å². The molecule has 0 saturated heterocycles. The molecule has 30 N–H and O–H groups in total. The zero-order valence-electron chi connectivity index (χ0n) is 36.1. The minimum Gasteiger partial charge on any atom is -0.412 e. The van der Waals surface area contributed by atoms with Gasteiger partial charge in [0.2, 0.25) is 0 Å². The molecule has 0 saturated carbocycles. The Morgan fingerprint density at radius 1 is 0.288 bits per heavy atom. The molecule has 4 heterocycles. The maximum absolute atomic E-state index is 11.0. The Morgan fingerprint density at radius 3 is 0.493 bits per heavy atom. The average molecular weight is 1220 g/mol. The van der Waals surface area contributed by atoms with Crippen LogP contribution in [0.5, 0.6) is 0 Å². The fourth-order valence-corrected chi connectivity index (χ4v) is 13.1. The second kappa shape index (κ2) is 29.3. The quantitative estimate of drug-likeness (QED) is 0.0465. The Bertz CT molecular complexity index is 2200. The van der Waals surface area contributed by atoms with Crippen LogP contribution in [0, 0.1) is 0 Å². The van der Waals surface area contributed by atoms with Gasteiger partial charge in [0.1, 0.15) is 0 Å². The maximum atomic E-state index is 11.0. The predicted octanol–water partition coefficient (Wildman–Crippen LogP) is -5.62. The van der Waals surface area contributed by atoms with Gasteiger partial charge in [-0.15, -0.1) is 0 Å². The van der Waals surface area contributed by atoms with Crippen LogP contribution in [0.25, 0.3) is 0 Å². The minimum absolute atomic E-state index is 0. The molecule has 0 bridgehead atoms. The highest BCUT2D eigenvalue weighted by molar-refractivity contribution is 7.73. The molecular formula is C28H54N4O33P8. The van der Waals surface area contributed by atoms with E-state index in [9.17, 15) is 56.9 Å². The summed E-state index contributed by atoms with van der Waals surface area (Å²) in [5, 5.41) is 24.6. The van der Waals surface area contributed by atoms with E-state index in [2.05, 4.69) is 19.9 Å². The third-order valence-corrected chi connectivity index (χ3v) is 23.4. The van der Waals surface area contributed by atoms with Crippen molar-refractivity contribution in [2.24, 2.45) is 0 Å². The molecule has 4 rings (SSSR count). The molecule has 0 aromatic carbocycles. The lowest BCUT2D eigenvalue weighted by Crippen LogP contribution is -2.31. The molecule has 0 fully saturated rings. The number of rotatable bonds is 16. The van der Waals surface area contributed by atoms with Crippen LogP contribution in [0.4, 0.5) is 0 Å². The summed E-state index contributed by atoms with van der Waals surface area (Å²) >= 11 is 0. The molecule has 0 atom stereocenters. The van der Waals surface area contributed by atoms with Crippen LogP contribution in [-0.4, -0.2) is 166 Å². The Morgan fingerprint density at radius 2 is 0.411 bits per heavy atom. The van der Waals surface area contributed by atoms with E-state index in [0.29, 0.717) is 0 Å². The third kappa shape index (κ3) is 21.4. The SMILES string of the molecule is O.O.O.O.O.O=P(O)(O)C(O)(Cc1cccnc1)P(=O)(O)O.O=P(O)(O)C(O)(Cc1cccnc1)P(=O)(O)O.O=P(O)(O)C(O)(Cc1cccnc1)P(=O)(O)O.O=P(O)(O)C(O)(Cc1cccnc1)P(=O)(O)O. The van der Waals surface area contributed by atoms with Gasteiger partial charge in [0.05, 0.1) is 0 Å². The number of hydrogen-bond donors (Lipinski definition) is 20. The highest BCUT2D eigenvalue weighted by Gasteiger charge is 2.62. The van der Waals surface area contributed by atoms with Crippen LogP contribution >= 0.6 is 60.8 Å². The molecule has 73 heavy (non-hydrogen) atoms. The zero-order chi connectivity index (χ0) is 53.3. The second-order valence-corrected chi connectivity index (χ2v) is 29.6. The lowest BCUT2D eigenvalue weighted by atomic mass is 10.2. The molecule has 4 aromatic heterocycles. The van der Waals surface area contributed by atoms with Crippen LogP contribution in [0.15, 0.2) is 98.1 Å². The van der Waals surface area contributed by atoms with Gasteiger partial charge in [0, 0.05) is 75.3 Å². The van der Waals surface area contributed by atoms with E-state index in [1.165, 1.54) is 73.3 Å². The second-order valence-electron chi connectivity index (χ2n) is 13.6. The highest BCUT2D eigenvalue weighted by Crippen LogP contribution is 2.71. The summed E-state index contributed by atoms with van der Waals surface area (Å²) in [7, 11) is -43.3. The molecule has 0 aliphatic heterocycles. The first-order valence-electron chi connectivity index (χ1n) is 17.2. The Kier molecular flexibility index (Phi) is 31.8. The van der Waals surface area contributed by atoms with Gasteiger partial charge in [-0.05, 0) is 46.5 Å². The highest BCUT2D eigenvalue weighted by atomic mass is 31.3. The molecule has 37 nitrogen and oxygen atoms in total. The molecule has 0 spiro atoms. The van der Waals surface area contributed by atoms with Crippen molar-refractivity contribution in [3.05, 3.63) is 120 Å². The molecule has 4 aromatic rings. The predicted molar refractivity (Wildman–Crippen MR) is 246 cm³/mol. The van der Waals surface area contributed by atoms with Crippen LogP contribution < -0.4 is 0 Å². The number of aromatic nitrogens is 4. The van der Waals surface area contributed by atoms with Gasteiger partial charge in [-0.2, -0.15) is 0 Å². The summed E-state index contributed by atoms with van der Waals surface area (Å²) in [5.74, 6) is 0. The van der Waals surface area contributed by atoms with Gasteiger partial charge in [0.25, 0.3) is 20.3 Å². The Balaban J connectivity index is -0.000000275. The topological polar surface area (TPSA) is 750 Å². The van der Waals surface area contributed by atoms with Gasteiger partial charge in [-0.3, -0.25) is 56.5 Å². The largest absolute Gasteiger partial charge is 0.412 e. The van der Waals surface area contributed by atoms with Crippen LogP contribution in [-0.2, 0) is 62.2 Å². The molecule has 0 unspecified atom stereocenters. The van der Waals surface area contributed by atoms with Gasteiger partial charge in [-0.25, -0.2) is 0 Å². The molecule has 0 radical (unpaired) electrons. The van der Waals surface area contributed by atoms with Gasteiger partial charge < -0.3 is 126 Å². The monoisotopic (exact) mass is 1220 g/mol. The van der Waals surface area contributed by atoms with E-state index < -0.39 is 107 Å². The molecule has 0 aliphatic rings. The van der Waals surface area contributed by atoms with E-state index >= 15 is 0 Å². The van der Waals surface area contributed by atoms with Crippen molar-refractivity contribution in [2.45, 2.75) is 46.0 Å². The van der Waals surface area contributed by atoms with Crippen LogP contribution in [0.2, 0.25) is 0 Å². The molecule has 45 heteroatoms. The number of hydrogen-bond acceptors (Lipinski definition) is 16. The van der Waals surface area contributed by atoms with Crippen LogP contribution in [0.1, 0.15) is 22.3 Å². The summed E-state index contributed by atoms with van der Waals surface area (Å²) < 4.78 is 88.3.